The van der Waals surface area contributed by atoms with Gasteiger partial charge in [0.25, 0.3) is 5.91 Å². The summed E-state index contributed by atoms with van der Waals surface area (Å²) < 4.78 is 43.6. The van der Waals surface area contributed by atoms with Crippen molar-refractivity contribution >= 4 is 39.1 Å². The molecular formula is C25H26BrClF3N3O2. The van der Waals surface area contributed by atoms with Crippen LogP contribution in [0.4, 0.5) is 18.9 Å². The summed E-state index contributed by atoms with van der Waals surface area (Å²) >= 11 is 9.60. The zero-order chi connectivity index (χ0) is 26.0. The van der Waals surface area contributed by atoms with Gasteiger partial charge < -0.3 is 20.6 Å². The third kappa shape index (κ3) is 5.37. The van der Waals surface area contributed by atoms with Crippen molar-refractivity contribution < 1.29 is 23.1 Å². The molecule has 1 atom stereocenters. The first-order chi connectivity index (χ1) is 16.5. The van der Waals surface area contributed by atoms with Crippen molar-refractivity contribution in [1.82, 2.24) is 4.90 Å². The highest BCUT2D eigenvalue weighted by Crippen LogP contribution is 2.52. The Bertz CT molecular complexity index is 1180. The van der Waals surface area contributed by atoms with E-state index in [1.54, 1.807) is 0 Å². The lowest BCUT2D eigenvalue weighted by molar-refractivity contribution is -0.142. The van der Waals surface area contributed by atoms with E-state index in [2.05, 4.69) is 27.8 Å². The van der Waals surface area contributed by atoms with Crippen molar-refractivity contribution in [3.05, 3.63) is 62.1 Å². The Morgan fingerprint density at radius 3 is 2.49 bits per heavy atom. The summed E-state index contributed by atoms with van der Waals surface area (Å²) in [6.45, 7) is 6.06. The van der Waals surface area contributed by atoms with Gasteiger partial charge in [0.2, 0.25) is 0 Å². The number of nitrogens with two attached hydrogens (primary N) is 1. The molecule has 1 aliphatic rings. The fraction of sp³-hybridized carbons (Fsp3) is 0.400. The quantitative estimate of drug-likeness (QED) is 0.470. The summed E-state index contributed by atoms with van der Waals surface area (Å²) in [5.74, 6) is 4.56. The average molecular weight is 573 g/mol. The summed E-state index contributed by atoms with van der Waals surface area (Å²) in [5, 5.41) is 11.8. The monoisotopic (exact) mass is 571 g/mol. The fourth-order valence-corrected chi connectivity index (χ4v) is 5.01. The average Bonchev–Trinajstić information content (AvgIpc) is 3.01. The van der Waals surface area contributed by atoms with E-state index >= 15 is 0 Å². The van der Waals surface area contributed by atoms with Crippen LogP contribution in [0.5, 0.6) is 0 Å². The number of carbonyl (C=O) groups is 1. The van der Waals surface area contributed by atoms with Gasteiger partial charge in [-0.15, -0.1) is 0 Å². The fourth-order valence-electron chi connectivity index (χ4n) is 4.20. The minimum atomic E-state index is -4.86. The molecule has 5 nitrogen and oxygen atoms in total. The Balaban J connectivity index is 2.31. The number of aliphatic hydroxyl groups is 1. The van der Waals surface area contributed by atoms with Gasteiger partial charge >= 0.3 is 6.18 Å². The predicted octanol–water partition coefficient (Wildman–Crippen LogP) is 4.75. The summed E-state index contributed by atoms with van der Waals surface area (Å²) in [7, 11) is 0. The lowest BCUT2D eigenvalue weighted by Gasteiger charge is -2.27. The minimum absolute atomic E-state index is 0.0319. The first-order valence-corrected chi connectivity index (χ1v) is 12.3. The van der Waals surface area contributed by atoms with Gasteiger partial charge in [-0.05, 0) is 37.4 Å². The smallest absolute Gasteiger partial charge is 0.372 e. The number of anilines is 1. The number of rotatable bonds is 7. The Kier molecular flexibility index (Phi) is 8.56. The molecule has 0 radical (unpaired) electrons. The Morgan fingerprint density at radius 2 is 1.91 bits per heavy atom. The second-order valence-corrected chi connectivity index (χ2v) is 9.40. The van der Waals surface area contributed by atoms with Gasteiger partial charge in [0.15, 0.2) is 5.60 Å². The lowest BCUT2D eigenvalue weighted by atomic mass is 9.83. The Labute approximate surface area is 216 Å². The number of fused-ring (bicyclic) bond motifs is 1. The number of alkyl halides is 3. The minimum Gasteiger partial charge on any atom is -0.372 e. The lowest BCUT2D eigenvalue weighted by Crippen LogP contribution is -2.44. The Hall–Kier alpha value is -2.09. The second-order valence-electron chi connectivity index (χ2n) is 8.07. The van der Waals surface area contributed by atoms with E-state index in [0.29, 0.717) is 30.5 Å². The normalized spacial score (nSPS) is 17.5. The first-order valence-electron chi connectivity index (χ1n) is 11.2. The third-order valence-electron chi connectivity index (χ3n) is 5.99. The molecule has 35 heavy (non-hydrogen) atoms. The van der Waals surface area contributed by atoms with Crippen LogP contribution >= 0.6 is 27.5 Å². The largest absolute Gasteiger partial charge is 0.416 e. The zero-order valence-corrected chi connectivity index (χ0v) is 21.7. The maximum atomic E-state index is 14.4. The van der Waals surface area contributed by atoms with Crippen LogP contribution in [0.25, 0.3) is 0 Å². The van der Waals surface area contributed by atoms with Crippen LogP contribution in [0.15, 0.2) is 34.8 Å². The van der Waals surface area contributed by atoms with Crippen LogP contribution in [0.2, 0.25) is 5.02 Å². The SMILES string of the molecule is CCN(CC)CCN1C(=O)C(O)(c2ccc(Br)cc2Cl)c2c1cc(C#CCCN)cc2C(F)(F)F. The molecule has 0 aliphatic carbocycles. The molecule has 188 valence electrons. The number of hydrogen-bond acceptors (Lipinski definition) is 4. The van der Waals surface area contributed by atoms with Gasteiger partial charge in [-0.3, -0.25) is 4.79 Å². The molecule has 1 unspecified atom stereocenters. The Morgan fingerprint density at radius 1 is 1.23 bits per heavy atom. The summed E-state index contributed by atoms with van der Waals surface area (Å²) in [5.41, 5.74) is 1.09. The molecule has 0 spiro atoms. The first kappa shape index (κ1) is 27.5. The molecule has 1 aliphatic heterocycles. The number of carbonyl (C=O) groups excluding carboxylic acids is 1. The summed E-state index contributed by atoms with van der Waals surface area (Å²) in [6.07, 6.45) is -4.55. The number of amides is 1. The van der Waals surface area contributed by atoms with Crippen molar-refractivity contribution in [2.24, 2.45) is 5.73 Å². The highest BCUT2D eigenvalue weighted by molar-refractivity contribution is 9.10. The van der Waals surface area contributed by atoms with Gasteiger partial charge in [-0.2, -0.15) is 13.2 Å². The van der Waals surface area contributed by atoms with Crippen LogP contribution in [-0.2, 0) is 16.6 Å². The maximum Gasteiger partial charge on any atom is 0.416 e. The standard InChI is InChI=1S/C25H26BrClF3N3O2/c1-3-32(4-2)11-12-33-21-14-16(7-5-6-10-31)13-19(25(28,29)30)22(21)24(35,23(33)34)18-9-8-17(26)15-20(18)27/h8-9,13-15,35H,3-4,6,10-12,31H2,1-2H3. The molecule has 2 aromatic rings. The van der Waals surface area contributed by atoms with Crippen molar-refractivity contribution in [1.29, 1.82) is 0 Å². The van der Waals surface area contributed by atoms with Gasteiger partial charge in [0.1, 0.15) is 0 Å². The molecule has 0 aromatic heterocycles. The van der Waals surface area contributed by atoms with Crippen molar-refractivity contribution in [2.45, 2.75) is 32.0 Å². The molecule has 1 amide bonds. The maximum absolute atomic E-state index is 14.4. The van der Waals surface area contributed by atoms with E-state index in [1.165, 1.54) is 29.2 Å². The molecule has 3 rings (SSSR count). The molecule has 10 heteroatoms. The number of benzene rings is 2. The predicted molar refractivity (Wildman–Crippen MR) is 134 cm³/mol. The van der Waals surface area contributed by atoms with Crippen LogP contribution in [0.3, 0.4) is 0 Å². The molecule has 0 bridgehead atoms. The number of nitrogens with zero attached hydrogens (tertiary/aromatic N) is 2. The topological polar surface area (TPSA) is 69.8 Å². The second kappa shape index (κ2) is 10.9. The zero-order valence-electron chi connectivity index (χ0n) is 19.3. The van der Waals surface area contributed by atoms with Crippen molar-refractivity contribution in [3.63, 3.8) is 0 Å². The van der Waals surface area contributed by atoms with E-state index in [9.17, 15) is 23.1 Å². The van der Waals surface area contributed by atoms with E-state index < -0.39 is 28.8 Å². The van der Waals surface area contributed by atoms with Crippen molar-refractivity contribution in [3.8, 4) is 11.8 Å². The van der Waals surface area contributed by atoms with Crippen LogP contribution < -0.4 is 10.6 Å². The molecule has 1 heterocycles. The molecule has 3 N–H and O–H groups in total. The number of halogens is 5. The van der Waals surface area contributed by atoms with E-state index in [0.717, 1.165) is 6.07 Å². The van der Waals surface area contributed by atoms with Crippen LogP contribution in [-0.4, -0.2) is 48.6 Å². The van der Waals surface area contributed by atoms with Gasteiger partial charge in [0, 0.05) is 52.2 Å². The van der Waals surface area contributed by atoms with Gasteiger partial charge in [-0.1, -0.05) is 59.3 Å². The van der Waals surface area contributed by atoms with E-state index in [1.807, 2.05) is 18.7 Å². The highest BCUT2D eigenvalue weighted by Gasteiger charge is 2.56. The number of hydrogen-bond donors (Lipinski definition) is 2. The molecule has 2 aromatic carbocycles. The van der Waals surface area contributed by atoms with Crippen molar-refractivity contribution in [2.75, 3.05) is 37.6 Å². The van der Waals surface area contributed by atoms with Gasteiger partial charge in [0.05, 0.1) is 11.3 Å². The molecule has 0 saturated carbocycles. The van der Waals surface area contributed by atoms with E-state index in [4.69, 9.17) is 17.3 Å². The van der Waals surface area contributed by atoms with E-state index in [-0.39, 0.29) is 34.9 Å². The third-order valence-corrected chi connectivity index (χ3v) is 6.79. The molecule has 0 saturated heterocycles. The summed E-state index contributed by atoms with van der Waals surface area (Å²) in [6, 6.07) is 6.59. The highest BCUT2D eigenvalue weighted by atomic mass is 79.9. The van der Waals surface area contributed by atoms with Gasteiger partial charge in [-0.25, -0.2) is 0 Å². The van der Waals surface area contributed by atoms with Crippen LogP contribution in [0, 0.1) is 11.8 Å². The van der Waals surface area contributed by atoms with Crippen LogP contribution in [0.1, 0.15) is 42.5 Å². The molecular weight excluding hydrogens is 547 g/mol. The number of likely N-dealkylation sites (N-methyl/N-ethyl adjacent to an activating group) is 1. The molecule has 0 fully saturated rings. The summed E-state index contributed by atoms with van der Waals surface area (Å²) in [4.78, 5) is 17.0.